The highest BCUT2D eigenvalue weighted by atomic mass is 79.9. The average Bonchev–Trinajstić information content (AvgIpc) is 2.99. The molecule has 0 saturated carbocycles. The minimum atomic E-state index is -2.63. The van der Waals surface area contributed by atoms with Crippen LogP contribution in [-0.2, 0) is 17.9 Å². The van der Waals surface area contributed by atoms with Gasteiger partial charge in [-0.1, -0.05) is 0 Å². The van der Waals surface area contributed by atoms with Crippen molar-refractivity contribution in [3.05, 3.63) is 33.8 Å². The predicted octanol–water partition coefficient (Wildman–Crippen LogP) is 2.60. The summed E-state index contributed by atoms with van der Waals surface area (Å²) in [6.07, 6.45) is -0.0228. The average molecular weight is 390 g/mol. The molecule has 2 aromatic rings. The largest absolute Gasteiger partial charge is 0.354 e. The van der Waals surface area contributed by atoms with E-state index >= 15 is 0 Å². The molecule has 2 heterocycles. The molecular weight excluding hydrogens is 372 g/mol. The minimum Gasteiger partial charge on any atom is -0.354 e. The highest BCUT2D eigenvalue weighted by Crippen LogP contribution is 2.17. The summed E-state index contributed by atoms with van der Waals surface area (Å²) in [6.45, 7) is 4.65. The molecule has 0 atom stereocenters. The lowest BCUT2D eigenvalue weighted by atomic mass is 10.4. The van der Waals surface area contributed by atoms with Crippen molar-refractivity contribution in [2.75, 3.05) is 6.54 Å². The molecule has 2 rings (SSSR count). The maximum absolute atomic E-state index is 12.5. The normalized spacial score (nSPS) is 11.2. The highest BCUT2D eigenvalue weighted by molar-refractivity contribution is 9.10. The molecule has 0 aliphatic rings. The van der Waals surface area contributed by atoms with Crippen molar-refractivity contribution in [1.29, 1.82) is 0 Å². The number of carbonyl (C=O) groups excluding carboxylic acids is 1. The van der Waals surface area contributed by atoms with Crippen LogP contribution >= 0.6 is 15.9 Å². The molecule has 23 heavy (non-hydrogen) atoms. The van der Waals surface area contributed by atoms with Gasteiger partial charge in [-0.2, -0.15) is 10.2 Å². The Morgan fingerprint density at radius 2 is 2.13 bits per heavy atom. The molecule has 0 bridgehead atoms. The van der Waals surface area contributed by atoms with Crippen LogP contribution in [0.5, 0.6) is 0 Å². The Bertz CT molecular complexity index is 663. The molecule has 9 heteroatoms. The number of aryl methyl sites for hydroxylation is 3. The number of rotatable bonds is 7. The van der Waals surface area contributed by atoms with Crippen molar-refractivity contribution in [3.63, 3.8) is 0 Å². The van der Waals surface area contributed by atoms with Gasteiger partial charge in [-0.3, -0.25) is 14.2 Å². The fourth-order valence-electron chi connectivity index (χ4n) is 2.07. The smallest absolute Gasteiger partial charge is 0.282 e. The molecule has 6 nitrogen and oxygen atoms in total. The lowest BCUT2D eigenvalue weighted by Crippen LogP contribution is -2.29. The fourth-order valence-corrected chi connectivity index (χ4v) is 2.39. The molecule has 0 radical (unpaired) electrons. The van der Waals surface area contributed by atoms with Crippen LogP contribution in [0, 0.1) is 13.8 Å². The monoisotopic (exact) mass is 389 g/mol. The molecule has 0 aliphatic carbocycles. The third-order valence-electron chi connectivity index (χ3n) is 3.29. The highest BCUT2D eigenvalue weighted by Gasteiger charge is 2.14. The van der Waals surface area contributed by atoms with E-state index in [1.807, 2.05) is 13.1 Å². The zero-order chi connectivity index (χ0) is 17.0. The number of hydrogen-bond acceptors (Lipinski definition) is 3. The van der Waals surface area contributed by atoms with E-state index in [4.69, 9.17) is 0 Å². The summed E-state index contributed by atoms with van der Waals surface area (Å²) < 4.78 is 29.1. The maximum Gasteiger partial charge on any atom is 0.282 e. The first kappa shape index (κ1) is 17.6. The standard InChI is InChI=1S/C14H18BrF2N5O/c1-9-6-12(14(16)17)20-22(9)8-13(23)18-4-3-5-21-7-11(15)10(2)19-21/h6-7,14H,3-5,8H2,1-2H3,(H,18,23). The minimum absolute atomic E-state index is 0.0645. The van der Waals surface area contributed by atoms with Gasteiger partial charge in [0, 0.05) is 25.0 Å². The van der Waals surface area contributed by atoms with Crippen molar-refractivity contribution in [2.45, 2.75) is 39.8 Å². The van der Waals surface area contributed by atoms with Gasteiger partial charge in [0.1, 0.15) is 12.2 Å². The first-order valence-electron chi connectivity index (χ1n) is 7.15. The van der Waals surface area contributed by atoms with E-state index in [0.717, 1.165) is 16.6 Å². The molecule has 1 N–H and O–H groups in total. The summed E-state index contributed by atoms with van der Waals surface area (Å²) in [4.78, 5) is 11.8. The Hall–Kier alpha value is -1.77. The molecule has 0 saturated heterocycles. The number of nitrogens with zero attached hydrogens (tertiary/aromatic N) is 4. The van der Waals surface area contributed by atoms with E-state index in [-0.39, 0.29) is 18.1 Å². The molecule has 0 spiro atoms. The molecule has 0 unspecified atom stereocenters. The summed E-state index contributed by atoms with van der Waals surface area (Å²) in [5, 5.41) is 10.8. The van der Waals surface area contributed by atoms with E-state index in [1.54, 1.807) is 11.6 Å². The van der Waals surface area contributed by atoms with Crippen molar-refractivity contribution >= 4 is 21.8 Å². The summed E-state index contributed by atoms with van der Waals surface area (Å²) in [5.74, 6) is -0.255. The van der Waals surface area contributed by atoms with Crippen LogP contribution in [0.3, 0.4) is 0 Å². The van der Waals surface area contributed by atoms with Crippen molar-refractivity contribution < 1.29 is 13.6 Å². The van der Waals surface area contributed by atoms with E-state index in [9.17, 15) is 13.6 Å². The number of aromatic nitrogens is 4. The van der Waals surface area contributed by atoms with Gasteiger partial charge in [0.25, 0.3) is 6.43 Å². The lowest BCUT2D eigenvalue weighted by molar-refractivity contribution is -0.121. The van der Waals surface area contributed by atoms with Gasteiger partial charge in [-0.05, 0) is 42.3 Å². The third-order valence-corrected chi connectivity index (χ3v) is 4.07. The Morgan fingerprint density at radius 3 is 2.70 bits per heavy atom. The van der Waals surface area contributed by atoms with Crippen LogP contribution in [0.4, 0.5) is 8.78 Å². The number of carbonyl (C=O) groups is 1. The zero-order valence-electron chi connectivity index (χ0n) is 12.9. The van der Waals surface area contributed by atoms with Crippen molar-refractivity contribution in [2.24, 2.45) is 0 Å². The van der Waals surface area contributed by atoms with Gasteiger partial charge in [-0.15, -0.1) is 0 Å². The summed E-state index contributed by atoms with van der Waals surface area (Å²) in [5.41, 5.74) is 1.14. The van der Waals surface area contributed by atoms with Gasteiger partial charge in [0.05, 0.1) is 10.2 Å². The zero-order valence-corrected chi connectivity index (χ0v) is 14.5. The van der Waals surface area contributed by atoms with Crippen LogP contribution < -0.4 is 5.32 Å². The quantitative estimate of drug-likeness (QED) is 0.740. The summed E-state index contributed by atoms with van der Waals surface area (Å²) in [7, 11) is 0. The lowest BCUT2D eigenvalue weighted by Gasteiger charge is -2.07. The van der Waals surface area contributed by atoms with Crippen LogP contribution in [0.25, 0.3) is 0 Å². The molecule has 1 amide bonds. The number of alkyl halides is 2. The van der Waals surface area contributed by atoms with Crippen LogP contribution in [-0.4, -0.2) is 32.0 Å². The second-order valence-electron chi connectivity index (χ2n) is 5.20. The third kappa shape index (κ3) is 4.85. The SMILES string of the molecule is Cc1nn(CCCNC(=O)Cn2nc(C(F)F)cc2C)cc1Br. The second-order valence-corrected chi connectivity index (χ2v) is 6.05. The molecule has 0 fully saturated rings. The van der Waals surface area contributed by atoms with Gasteiger partial charge >= 0.3 is 0 Å². The van der Waals surface area contributed by atoms with Gasteiger partial charge in [0.2, 0.25) is 5.91 Å². The number of halogens is 3. The Kier molecular flexibility index (Phi) is 5.86. The second kappa shape index (κ2) is 7.67. The first-order valence-corrected chi connectivity index (χ1v) is 7.95. The molecular formula is C14H18BrF2N5O. The van der Waals surface area contributed by atoms with Gasteiger partial charge < -0.3 is 5.32 Å². The Labute approximate surface area is 141 Å². The van der Waals surface area contributed by atoms with Crippen molar-refractivity contribution in [3.8, 4) is 0 Å². The topological polar surface area (TPSA) is 64.7 Å². The molecule has 0 aromatic carbocycles. The Morgan fingerprint density at radius 1 is 1.39 bits per heavy atom. The summed E-state index contributed by atoms with van der Waals surface area (Å²) >= 11 is 3.39. The predicted molar refractivity (Wildman–Crippen MR) is 84.2 cm³/mol. The van der Waals surface area contributed by atoms with E-state index in [2.05, 4.69) is 31.4 Å². The number of hydrogen-bond donors (Lipinski definition) is 1. The number of amides is 1. The molecule has 2 aromatic heterocycles. The fraction of sp³-hybridized carbons (Fsp3) is 0.500. The first-order chi connectivity index (χ1) is 10.9. The van der Waals surface area contributed by atoms with Crippen LogP contribution in [0.1, 0.15) is 29.9 Å². The van der Waals surface area contributed by atoms with E-state index in [0.29, 0.717) is 18.8 Å². The van der Waals surface area contributed by atoms with E-state index < -0.39 is 6.43 Å². The van der Waals surface area contributed by atoms with Crippen LogP contribution in [0.2, 0.25) is 0 Å². The molecule has 126 valence electrons. The number of nitrogens with one attached hydrogen (secondary N) is 1. The van der Waals surface area contributed by atoms with Crippen molar-refractivity contribution in [1.82, 2.24) is 24.9 Å². The maximum atomic E-state index is 12.5. The van der Waals surface area contributed by atoms with Gasteiger partial charge in [0.15, 0.2) is 0 Å². The van der Waals surface area contributed by atoms with E-state index in [1.165, 1.54) is 10.7 Å². The molecule has 0 aliphatic heterocycles. The van der Waals surface area contributed by atoms with Gasteiger partial charge in [-0.25, -0.2) is 8.78 Å². The van der Waals surface area contributed by atoms with Crippen LogP contribution in [0.15, 0.2) is 16.7 Å². The Balaban J connectivity index is 1.75. The summed E-state index contributed by atoms with van der Waals surface area (Å²) in [6, 6.07) is 1.29.